The van der Waals surface area contributed by atoms with Gasteiger partial charge in [-0.15, -0.1) is 0 Å². The zero-order valence-electron chi connectivity index (χ0n) is 13.8. The lowest BCUT2D eigenvalue weighted by Gasteiger charge is -2.37. The number of benzene rings is 2. The summed E-state index contributed by atoms with van der Waals surface area (Å²) in [6.07, 6.45) is 2.27. The molecule has 1 amide bonds. The van der Waals surface area contributed by atoms with Crippen molar-refractivity contribution in [2.45, 2.75) is 19.0 Å². The van der Waals surface area contributed by atoms with E-state index in [0.717, 1.165) is 17.8 Å². The maximum Gasteiger partial charge on any atom is 0.227 e. The van der Waals surface area contributed by atoms with Gasteiger partial charge in [-0.05, 0) is 35.4 Å². The summed E-state index contributed by atoms with van der Waals surface area (Å²) in [5.74, 6) is -0.288. The molecular weight excluding hydrogens is 315 g/mol. The zero-order valence-corrected chi connectivity index (χ0v) is 13.8. The number of carbonyl (C=O) groups excluding carboxylic acids is 1. The average molecular weight is 334 g/mol. The monoisotopic (exact) mass is 334 g/mol. The van der Waals surface area contributed by atoms with Gasteiger partial charge in [-0.3, -0.25) is 4.79 Å². The first-order valence-electron chi connectivity index (χ1n) is 8.46. The van der Waals surface area contributed by atoms with Crippen molar-refractivity contribution in [3.8, 4) is 0 Å². The fourth-order valence-corrected chi connectivity index (χ4v) is 3.56. The summed E-state index contributed by atoms with van der Waals surface area (Å²) >= 11 is 0. The number of hydrogen-bond donors (Lipinski definition) is 0. The molecule has 4 heteroatoms. The molecule has 0 fully saturated rings. The number of amides is 1. The number of carbonyl (C=O) groups is 1. The first-order chi connectivity index (χ1) is 12.2. The van der Waals surface area contributed by atoms with Crippen molar-refractivity contribution in [2.24, 2.45) is 0 Å². The standard InChI is InChI=1S/C21H19FN2O/c22-18-9-4-6-16(14-18)15-20(25)24-13-12-23-11-5-10-19(23)21(24)17-7-2-1-3-8-17/h1-11,14,21H,12-13,15H2. The van der Waals surface area contributed by atoms with Crippen LogP contribution in [0.4, 0.5) is 4.39 Å². The molecular formula is C21H19FN2O. The lowest BCUT2D eigenvalue weighted by Crippen LogP contribution is -2.43. The highest BCUT2D eigenvalue weighted by atomic mass is 19.1. The third-order valence-corrected chi connectivity index (χ3v) is 4.72. The van der Waals surface area contributed by atoms with Gasteiger partial charge in [0, 0.05) is 25.0 Å². The molecule has 0 radical (unpaired) electrons. The van der Waals surface area contributed by atoms with Crippen molar-refractivity contribution in [3.05, 3.63) is 95.6 Å². The third-order valence-electron chi connectivity index (χ3n) is 4.72. The van der Waals surface area contributed by atoms with Crippen molar-refractivity contribution in [1.82, 2.24) is 9.47 Å². The van der Waals surface area contributed by atoms with E-state index in [4.69, 9.17) is 0 Å². The summed E-state index contributed by atoms with van der Waals surface area (Å²) in [6, 6.07) is 20.3. The lowest BCUT2D eigenvalue weighted by molar-refractivity contribution is -0.133. The minimum Gasteiger partial charge on any atom is -0.348 e. The molecule has 3 nitrogen and oxygen atoms in total. The molecule has 1 aliphatic heterocycles. The van der Waals surface area contributed by atoms with E-state index in [1.54, 1.807) is 12.1 Å². The van der Waals surface area contributed by atoms with Crippen molar-refractivity contribution in [1.29, 1.82) is 0 Å². The van der Waals surface area contributed by atoms with Crippen LogP contribution in [0.15, 0.2) is 72.9 Å². The van der Waals surface area contributed by atoms with E-state index in [-0.39, 0.29) is 24.2 Å². The van der Waals surface area contributed by atoms with Crippen molar-refractivity contribution < 1.29 is 9.18 Å². The number of rotatable bonds is 3. The molecule has 4 rings (SSSR count). The maximum absolute atomic E-state index is 13.4. The van der Waals surface area contributed by atoms with Gasteiger partial charge in [-0.1, -0.05) is 42.5 Å². The highest BCUT2D eigenvalue weighted by molar-refractivity contribution is 5.80. The Labute approximate surface area is 146 Å². The molecule has 0 spiro atoms. The minimum atomic E-state index is -0.308. The van der Waals surface area contributed by atoms with Gasteiger partial charge in [0.15, 0.2) is 0 Å². The number of fused-ring (bicyclic) bond motifs is 1. The molecule has 1 aromatic heterocycles. The van der Waals surface area contributed by atoms with Crippen LogP contribution in [-0.4, -0.2) is 21.9 Å². The van der Waals surface area contributed by atoms with E-state index in [1.165, 1.54) is 12.1 Å². The Hall–Kier alpha value is -2.88. The first kappa shape index (κ1) is 15.6. The molecule has 0 aliphatic carbocycles. The van der Waals surface area contributed by atoms with Gasteiger partial charge in [0.25, 0.3) is 0 Å². The van der Waals surface area contributed by atoms with Gasteiger partial charge in [-0.25, -0.2) is 4.39 Å². The molecule has 0 N–H and O–H groups in total. The van der Waals surface area contributed by atoms with Crippen LogP contribution in [0.5, 0.6) is 0 Å². The Morgan fingerprint density at radius 3 is 2.64 bits per heavy atom. The predicted molar refractivity (Wildman–Crippen MR) is 94.5 cm³/mol. The van der Waals surface area contributed by atoms with Crippen molar-refractivity contribution >= 4 is 5.91 Å². The Balaban J connectivity index is 1.66. The highest BCUT2D eigenvalue weighted by Gasteiger charge is 2.31. The first-order valence-corrected chi connectivity index (χ1v) is 8.46. The number of hydrogen-bond acceptors (Lipinski definition) is 1. The van der Waals surface area contributed by atoms with E-state index in [2.05, 4.69) is 29.0 Å². The summed E-state index contributed by atoms with van der Waals surface area (Å²) in [5.41, 5.74) is 2.91. The molecule has 25 heavy (non-hydrogen) atoms. The Morgan fingerprint density at radius 2 is 1.84 bits per heavy atom. The van der Waals surface area contributed by atoms with E-state index in [0.29, 0.717) is 12.1 Å². The summed E-state index contributed by atoms with van der Waals surface area (Å²) in [5, 5.41) is 0. The van der Waals surface area contributed by atoms with Gasteiger partial charge in [0.05, 0.1) is 12.5 Å². The van der Waals surface area contributed by atoms with Crippen LogP contribution in [0.3, 0.4) is 0 Å². The van der Waals surface area contributed by atoms with Crippen LogP contribution in [0, 0.1) is 5.82 Å². The van der Waals surface area contributed by atoms with Gasteiger partial charge >= 0.3 is 0 Å². The Kier molecular flexibility index (Phi) is 4.10. The van der Waals surface area contributed by atoms with Crippen molar-refractivity contribution in [3.63, 3.8) is 0 Å². The average Bonchev–Trinajstić information content (AvgIpc) is 3.10. The van der Waals surface area contributed by atoms with Crippen LogP contribution >= 0.6 is 0 Å². The fourth-order valence-electron chi connectivity index (χ4n) is 3.56. The molecule has 1 unspecified atom stereocenters. The second-order valence-corrected chi connectivity index (χ2v) is 6.33. The third kappa shape index (κ3) is 3.07. The molecule has 0 saturated heterocycles. The molecule has 1 aliphatic rings. The smallest absolute Gasteiger partial charge is 0.227 e. The largest absolute Gasteiger partial charge is 0.348 e. The number of aromatic nitrogens is 1. The molecule has 0 saturated carbocycles. The topological polar surface area (TPSA) is 25.2 Å². The SMILES string of the molecule is O=C(Cc1cccc(F)c1)N1CCn2cccc2C1c1ccccc1. The van der Waals surface area contributed by atoms with Gasteiger partial charge in [0.2, 0.25) is 5.91 Å². The molecule has 3 aromatic rings. The zero-order chi connectivity index (χ0) is 17.2. The molecule has 126 valence electrons. The van der Waals surface area contributed by atoms with E-state index in [9.17, 15) is 9.18 Å². The second-order valence-electron chi connectivity index (χ2n) is 6.33. The van der Waals surface area contributed by atoms with Gasteiger partial charge in [-0.2, -0.15) is 0 Å². The summed E-state index contributed by atoms with van der Waals surface area (Å²) < 4.78 is 15.6. The molecule has 0 bridgehead atoms. The van der Waals surface area contributed by atoms with Gasteiger partial charge < -0.3 is 9.47 Å². The van der Waals surface area contributed by atoms with Crippen molar-refractivity contribution in [2.75, 3.05) is 6.54 Å². The normalized spacial score (nSPS) is 16.5. The summed E-state index contributed by atoms with van der Waals surface area (Å²) in [6.45, 7) is 1.43. The fraction of sp³-hybridized carbons (Fsp3) is 0.190. The summed E-state index contributed by atoms with van der Waals surface area (Å²) in [7, 11) is 0. The molecule has 1 atom stereocenters. The van der Waals surface area contributed by atoms with E-state index in [1.807, 2.05) is 29.2 Å². The van der Waals surface area contributed by atoms with Crippen LogP contribution in [0.2, 0.25) is 0 Å². The molecule has 2 aromatic carbocycles. The predicted octanol–water partition coefficient (Wildman–Crippen LogP) is 3.80. The van der Waals surface area contributed by atoms with Gasteiger partial charge in [0.1, 0.15) is 5.82 Å². The van der Waals surface area contributed by atoms with Crippen LogP contribution < -0.4 is 0 Å². The Bertz CT molecular complexity index is 888. The second kappa shape index (κ2) is 6.55. The highest BCUT2D eigenvalue weighted by Crippen LogP contribution is 2.32. The number of halogens is 1. The van der Waals surface area contributed by atoms with Crippen LogP contribution in [0.1, 0.15) is 22.9 Å². The lowest BCUT2D eigenvalue weighted by atomic mass is 9.99. The van der Waals surface area contributed by atoms with E-state index >= 15 is 0 Å². The van der Waals surface area contributed by atoms with Crippen LogP contribution in [0.25, 0.3) is 0 Å². The minimum absolute atomic E-state index is 0.0203. The molecule has 2 heterocycles. The number of nitrogens with zero attached hydrogens (tertiary/aromatic N) is 2. The Morgan fingerprint density at radius 1 is 1.00 bits per heavy atom. The van der Waals surface area contributed by atoms with Crippen LogP contribution in [-0.2, 0) is 17.8 Å². The quantitative estimate of drug-likeness (QED) is 0.715. The van der Waals surface area contributed by atoms with E-state index < -0.39 is 0 Å². The maximum atomic E-state index is 13.4. The summed E-state index contributed by atoms with van der Waals surface area (Å²) in [4.78, 5) is 14.9.